The molecule has 1 atom stereocenters. The van der Waals surface area contributed by atoms with E-state index in [9.17, 15) is 5.11 Å². The maximum Gasteiger partial charge on any atom is 0.120 e. The lowest BCUT2D eigenvalue weighted by Gasteiger charge is -2.06. The molecule has 1 aromatic carbocycles. The molecule has 16 heavy (non-hydrogen) atoms. The van der Waals surface area contributed by atoms with Gasteiger partial charge in [-0.2, -0.15) is 0 Å². The Morgan fingerprint density at radius 3 is 2.94 bits per heavy atom. The Bertz CT molecular complexity index is 474. The molecule has 3 nitrogen and oxygen atoms in total. The summed E-state index contributed by atoms with van der Waals surface area (Å²) in [7, 11) is 0. The second-order valence-corrected chi connectivity index (χ2v) is 3.98. The van der Waals surface area contributed by atoms with Crippen molar-refractivity contribution < 1.29 is 9.84 Å². The molecule has 1 aromatic heterocycles. The van der Waals surface area contributed by atoms with Crippen molar-refractivity contribution in [2.75, 3.05) is 6.61 Å². The second kappa shape index (κ2) is 4.58. The summed E-state index contributed by atoms with van der Waals surface area (Å²) in [5.41, 5.74) is 1.94. The molecular weight excluding hydrogens is 202 g/mol. The van der Waals surface area contributed by atoms with Crippen LogP contribution in [0.2, 0.25) is 0 Å². The van der Waals surface area contributed by atoms with Crippen molar-refractivity contribution >= 4 is 10.9 Å². The first-order valence-electron chi connectivity index (χ1n) is 5.64. The summed E-state index contributed by atoms with van der Waals surface area (Å²) in [5, 5.41) is 10.6. The largest absolute Gasteiger partial charge is 0.494 e. The molecule has 0 aliphatic rings. The van der Waals surface area contributed by atoms with Crippen molar-refractivity contribution in [2.45, 2.75) is 26.4 Å². The number of hydrogen-bond donors (Lipinski definition) is 2. The number of aromatic amines is 1. The average Bonchev–Trinajstić information content (AvgIpc) is 2.69. The molecular formula is C13H17NO2. The molecule has 0 unspecified atom stereocenters. The van der Waals surface area contributed by atoms with E-state index in [2.05, 4.69) is 11.9 Å². The number of aliphatic hydroxyl groups is 1. The lowest BCUT2D eigenvalue weighted by molar-refractivity contribution is 0.201. The first-order valence-corrected chi connectivity index (χ1v) is 5.64. The summed E-state index contributed by atoms with van der Waals surface area (Å²) in [6.45, 7) is 4.57. The highest BCUT2D eigenvalue weighted by molar-refractivity contribution is 5.84. The van der Waals surface area contributed by atoms with Gasteiger partial charge >= 0.3 is 0 Å². The number of hydrogen-bond acceptors (Lipinski definition) is 2. The van der Waals surface area contributed by atoms with Gasteiger partial charge in [0.15, 0.2) is 0 Å². The van der Waals surface area contributed by atoms with Crippen molar-refractivity contribution in [3.8, 4) is 5.75 Å². The fourth-order valence-electron chi connectivity index (χ4n) is 1.78. The zero-order chi connectivity index (χ0) is 11.5. The molecule has 1 heterocycles. The number of H-pyrrole nitrogens is 1. The van der Waals surface area contributed by atoms with Crippen molar-refractivity contribution in [1.29, 1.82) is 0 Å². The summed E-state index contributed by atoms with van der Waals surface area (Å²) < 4.78 is 5.57. The Hall–Kier alpha value is -1.48. The third-order valence-corrected chi connectivity index (χ3v) is 2.61. The third-order valence-electron chi connectivity index (χ3n) is 2.61. The summed E-state index contributed by atoms with van der Waals surface area (Å²) in [6.07, 6.45) is 2.38. The van der Waals surface area contributed by atoms with Crippen LogP contribution in [0, 0.1) is 0 Å². The average molecular weight is 219 g/mol. The Kier molecular flexibility index (Phi) is 3.15. The van der Waals surface area contributed by atoms with Crippen molar-refractivity contribution in [2.24, 2.45) is 0 Å². The highest BCUT2D eigenvalue weighted by Crippen LogP contribution is 2.27. The van der Waals surface area contributed by atoms with Crippen molar-refractivity contribution in [3.63, 3.8) is 0 Å². The maximum atomic E-state index is 9.62. The lowest BCUT2D eigenvalue weighted by atomic mass is 10.1. The quantitative estimate of drug-likeness (QED) is 0.830. The fourth-order valence-corrected chi connectivity index (χ4v) is 1.78. The van der Waals surface area contributed by atoms with Gasteiger partial charge in [0.1, 0.15) is 5.75 Å². The van der Waals surface area contributed by atoms with Gasteiger partial charge in [-0.25, -0.2) is 0 Å². The summed E-state index contributed by atoms with van der Waals surface area (Å²) in [4.78, 5) is 3.14. The summed E-state index contributed by atoms with van der Waals surface area (Å²) in [6, 6.07) is 5.90. The number of aliphatic hydroxyl groups excluding tert-OH is 1. The zero-order valence-electron chi connectivity index (χ0n) is 9.66. The Morgan fingerprint density at radius 1 is 1.44 bits per heavy atom. The normalized spacial score (nSPS) is 12.9. The number of fused-ring (bicyclic) bond motifs is 1. The van der Waals surface area contributed by atoms with Gasteiger partial charge in [-0.15, -0.1) is 0 Å². The van der Waals surface area contributed by atoms with E-state index >= 15 is 0 Å². The Balaban J connectivity index is 2.38. The lowest BCUT2D eigenvalue weighted by Crippen LogP contribution is -1.95. The fraction of sp³-hybridized carbons (Fsp3) is 0.385. The molecule has 0 fully saturated rings. The smallest absolute Gasteiger partial charge is 0.120 e. The molecule has 3 heteroatoms. The van der Waals surface area contributed by atoms with Gasteiger partial charge < -0.3 is 14.8 Å². The van der Waals surface area contributed by atoms with E-state index in [0.29, 0.717) is 0 Å². The van der Waals surface area contributed by atoms with Crippen LogP contribution in [-0.4, -0.2) is 16.7 Å². The van der Waals surface area contributed by atoms with Crippen LogP contribution >= 0.6 is 0 Å². The minimum absolute atomic E-state index is 0.463. The number of ether oxygens (including phenoxy) is 1. The third kappa shape index (κ3) is 2.04. The van der Waals surface area contributed by atoms with Crippen molar-refractivity contribution in [1.82, 2.24) is 4.98 Å². The van der Waals surface area contributed by atoms with Crippen LogP contribution in [-0.2, 0) is 0 Å². The van der Waals surface area contributed by atoms with Gasteiger partial charge in [-0.05, 0) is 31.5 Å². The van der Waals surface area contributed by atoms with Gasteiger partial charge in [-0.1, -0.05) is 6.92 Å². The molecule has 0 aliphatic carbocycles. The van der Waals surface area contributed by atoms with Crippen LogP contribution in [0.15, 0.2) is 24.4 Å². The standard InChI is InChI=1S/C13H17NO2/c1-3-6-16-10-4-5-13-11(7-10)12(8-14-13)9(2)15/h4-5,7-9,14-15H,3,6H2,1-2H3/t9-/m1/s1. The minimum Gasteiger partial charge on any atom is -0.494 e. The van der Waals surface area contributed by atoms with Crippen LogP contribution < -0.4 is 4.74 Å². The number of benzene rings is 1. The first kappa shape index (κ1) is 11.0. The minimum atomic E-state index is -0.463. The maximum absolute atomic E-state index is 9.62. The van der Waals surface area contributed by atoms with Gasteiger partial charge in [0.25, 0.3) is 0 Å². The van der Waals surface area contributed by atoms with E-state index < -0.39 is 6.10 Å². The highest BCUT2D eigenvalue weighted by atomic mass is 16.5. The van der Waals surface area contributed by atoms with E-state index in [1.807, 2.05) is 24.4 Å². The van der Waals surface area contributed by atoms with Crippen LogP contribution in [0.5, 0.6) is 5.75 Å². The molecule has 2 rings (SSSR count). The van der Waals surface area contributed by atoms with E-state index in [1.165, 1.54) is 0 Å². The van der Waals surface area contributed by atoms with Crippen LogP contribution in [0.1, 0.15) is 31.9 Å². The molecule has 0 amide bonds. The monoisotopic (exact) mass is 219 g/mol. The van der Waals surface area contributed by atoms with Gasteiger partial charge in [0.2, 0.25) is 0 Å². The molecule has 0 saturated carbocycles. The van der Waals surface area contributed by atoms with Gasteiger partial charge in [0.05, 0.1) is 12.7 Å². The Morgan fingerprint density at radius 2 is 2.25 bits per heavy atom. The molecule has 0 bridgehead atoms. The zero-order valence-corrected chi connectivity index (χ0v) is 9.66. The second-order valence-electron chi connectivity index (χ2n) is 3.98. The van der Waals surface area contributed by atoms with Crippen molar-refractivity contribution in [3.05, 3.63) is 30.0 Å². The van der Waals surface area contributed by atoms with E-state index in [0.717, 1.165) is 35.2 Å². The summed E-state index contributed by atoms with van der Waals surface area (Å²) >= 11 is 0. The highest BCUT2D eigenvalue weighted by Gasteiger charge is 2.09. The first-order chi connectivity index (χ1) is 7.72. The topological polar surface area (TPSA) is 45.2 Å². The SMILES string of the molecule is CCCOc1ccc2[nH]cc([C@@H](C)O)c2c1. The molecule has 86 valence electrons. The van der Waals surface area contributed by atoms with E-state index in [1.54, 1.807) is 6.92 Å². The molecule has 0 aliphatic heterocycles. The molecule has 0 spiro atoms. The predicted octanol–water partition coefficient (Wildman–Crippen LogP) is 3.01. The number of nitrogens with one attached hydrogen (secondary N) is 1. The predicted molar refractivity (Wildman–Crippen MR) is 64.7 cm³/mol. The summed E-state index contributed by atoms with van der Waals surface area (Å²) in [5.74, 6) is 0.857. The van der Waals surface area contributed by atoms with Gasteiger partial charge in [-0.3, -0.25) is 0 Å². The molecule has 2 aromatic rings. The Labute approximate surface area is 95.1 Å². The van der Waals surface area contributed by atoms with Crippen LogP contribution in [0.4, 0.5) is 0 Å². The van der Waals surface area contributed by atoms with Gasteiger partial charge in [0, 0.05) is 22.7 Å². The van der Waals surface area contributed by atoms with E-state index in [4.69, 9.17) is 4.74 Å². The molecule has 0 saturated heterocycles. The molecule has 0 radical (unpaired) electrons. The van der Waals surface area contributed by atoms with Crippen LogP contribution in [0.3, 0.4) is 0 Å². The van der Waals surface area contributed by atoms with E-state index in [-0.39, 0.29) is 0 Å². The molecule has 2 N–H and O–H groups in total. The number of aromatic nitrogens is 1. The number of rotatable bonds is 4. The van der Waals surface area contributed by atoms with Crippen LogP contribution in [0.25, 0.3) is 10.9 Å².